The summed E-state index contributed by atoms with van der Waals surface area (Å²) in [5.41, 5.74) is 1.31. The van der Waals surface area contributed by atoms with Crippen molar-refractivity contribution in [3.8, 4) is 17.2 Å². The number of nitrogens with one attached hydrogen (secondary N) is 1. The van der Waals surface area contributed by atoms with Crippen LogP contribution in [0.2, 0.25) is 0 Å². The predicted octanol–water partition coefficient (Wildman–Crippen LogP) is 3.55. The molecule has 1 aliphatic heterocycles. The Hall–Kier alpha value is -3.72. The average Bonchev–Trinajstić information content (AvgIpc) is 2.88. The van der Waals surface area contributed by atoms with Gasteiger partial charge in [0, 0.05) is 13.0 Å². The molecule has 0 unspecified atom stereocenters. The van der Waals surface area contributed by atoms with Crippen molar-refractivity contribution in [1.82, 2.24) is 5.32 Å². The van der Waals surface area contributed by atoms with Crippen molar-refractivity contribution in [2.24, 2.45) is 0 Å². The molecule has 0 aromatic heterocycles. The Morgan fingerprint density at radius 1 is 1.03 bits per heavy atom. The molecule has 0 saturated heterocycles. The molecule has 0 bridgehead atoms. The van der Waals surface area contributed by atoms with Crippen LogP contribution in [0, 0.1) is 6.92 Å². The van der Waals surface area contributed by atoms with Crippen molar-refractivity contribution < 1.29 is 27.4 Å². The van der Waals surface area contributed by atoms with Crippen LogP contribution in [0.4, 0.5) is 5.69 Å². The molecule has 9 heteroatoms. The highest BCUT2D eigenvalue weighted by Gasteiger charge is 2.28. The van der Waals surface area contributed by atoms with Crippen LogP contribution in [0.15, 0.2) is 77.7 Å². The van der Waals surface area contributed by atoms with Gasteiger partial charge in [-0.2, -0.15) is 0 Å². The van der Waals surface area contributed by atoms with Gasteiger partial charge in [-0.15, -0.1) is 0 Å². The molecule has 4 rings (SSSR count). The van der Waals surface area contributed by atoms with Crippen molar-refractivity contribution >= 4 is 21.6 Å². The van der Waals surface area contributed by atoms with Crippen LogP contribution in [0.5, 0.6) is 17.2 Å². The number of carbonyl (C=O) groups is 1. The monoisotopic (exact) mass is 496 g/mol. The number of fused-ring (bicyclic) bond motifs is 1. The highest BCUT2D eigenvalue weighted by molar-refractivity contribution is 7.92. The molecule has 1 heterocycles. The van der Waals surface area contributed by atoms with Gasteiger partial charge in [-0.25, -0.2) is 8.42 Å². The van der Waals surface area contributed by atoms with E-state index in [0.717, 1.165) is 5.56 Å². The molecular formula is C26H28N2O6S. The predicted molar refractivity (Wildman–Crippen MR) is 133 cm³/mol. The number of para-hydroxylation sites is 4. The Balaban J connectivity index is 1.45. The normalized spacial score (nSPS) is 14.7. The summed E-state index contributed by atoms with van der Waals surface area (Å²) in [4.78, 5) is 12.8. The summed E-state index contributed by atoms with van der Waals surface area (Å²) >= 11 is 0. The average molecular weight is 497 g/mol. The first-order valence-corrected chi connectivity index (χ1v) is 12.7. The van der Waals surface area contributed by atoms with E-state index in [2.05, 4.69) is 5.32 Å². The fourth-order valence-corrected chi connectivity index (χ4v) is 5.20. The van der Waals surface area contributed by atoms with Crippen molar-refractivity contribution in [3.63, 3.8) is 0 Å². The summed E-state index contributed by atoms with van der Waals surface area (Å²) in [6.45, 7) is 2.38. The number of rotatable bonds is 9. The standard InChI is InChI=1S/C26H28N2O6S/c1-19-11-13-21(14-12-19)35(30,31)28(22-7-3-4-8-23(22)32-2)16-15-26(29)27-17-20-18-33-24-9-5-6-10-25(24)34-20/h3-14,20H,15-18H2,1-2H3,(H,27,29)/t20-/m0/s1. The second kappa shape index (κ2) is 10.7. The number of hydrogen-bond acceptors (Lipinski definition) is 6. The van der Waals surface area contributed by atoms with Gasteiger partial charge < -0.3 is 19.5 Å². The maximum absolute atomic E-state index is 13.5. The third-order valence-electron chi connectivity index (χ3n) is 5.60. The number of amides is 1. The lowest BCUT2D eigenvalue weighted by Gasteiger charge is -2.27. The molecule has 0 saturated carbocycles. The summed E-state index contributed by atoms with van der Waals surface area (Å²) in [6, 6.07) is 20.8. The molecular weight excluding hydrogens is 468 g/mol. The van der Waals surface area contributed by atoms with Gasteiger partial charge in [0.15, 0.2) is 11.5 Å². The van der Waals surface area contributed by atoms with Gasteiger partial charge in [0.25, 0.3) is 10.0 Å². The van der Waals surface area contributed by atoms with E-state index in [1.807, 2.05) is 31.2 Å². The number of hydrogen-bond donors (Lipinski definition) is 1. The lowest BCUT2D eigenvalue weighted by molar-refractivity contribution is -0.121. The zero-order valence-corrected chi connectivity index (χ0v) is 20.5. The number of methoxy groups -OCH3 is 1. The van der Waals surface area contributed by atoms with E-state index in [4.69, 9.17) is 14.2 Å². The third kappa shape index (κ3) is 5.68. The fraction of sp³-hybridized carbons (Fsp3) is 0.269. The van der Waals surface area contributed by atoms with Gasteiger partial charge in [0.05, 0.1) is 24.2 Å². The SMILES string of the molecule is COc1ccccc1N(CCC(=O)NC[C@H]1COc2ccccc2O1)S(=O)(=O)c1ccc(C)cc1. The first kappa shape index (κ1) is 24.4. The molecule has 1 amide bonds. The van der Waals surface area contributed by atoms with Crippen molar-refractivity contribution in [1.29, 1.82) is 0 Å². The number of anilines is 1. The zero-order chi connectivity index (χ0) is 24.8. The van der Waals surface area contributed by atoms with E-state index in [0.29, 0.717) is 29.5 Å². The van der Waals surface area contributed by atoms with Gasteiger partial charge in [-0.05, 0) is 43.3 Å². The topological polar surface area (TPSA) is 94.2 Å². The van der Waals surface area contributed by atoms with Crippen LogP contribution in [0.25, 0.3) is 0 Å². The quantitative estimate of drug-likeness (QED) is 0.487. The highest BCUT2D eigenvalue weighted by Crippen LogP contribution is 2.33. The minimum atomic E-state index is -3.94. The number of aryl methyl sites for hydroxylation is 1. The van der Waals surface area contributed by atoms with Gasteiger partial charge >= 0.3 is 0 Å². The molecule has 0 aliphatic carbocycles. The van der Waals surface area contributed by atoms with E-state index < -0.39 is 10.0 Å². The Kier molecular flexibility index (Phi) is 7.45. The molecule has 35 heavy (non-hydrogen) atoms. The second-order valence-corrected chi connectivity index (χ2v) is 9.98. The van der Waals surface area contributed by atoms with Crippen LogP contribution in [0.1, 0.15) is 12.0 Å². The molecule has 8 nitrogen and oxygen atoms in total. The molecule has 0 radical (unpaired) electrons. The van der Waals surface area contributed by atoms with E-state index >= 15 is 0 Å². The Labute approximate surface area is 205 Å². The molecule has 184 valence electrons. The van der Waals surface area contributed by atoms with Crippen LogP contribution in [-0.2, 0) is 14.8 Å². The van der Waals surface area contributed by atoms with E-state index in [-0.39, 0.29) is 36.4 Å². The van der Waals surface area contributed by atoms with Crippen molar-refractivity contribution in [3.05, 3.63) is 78.4 Å². The van der Waals surface area contributed by atoms with E-state index in [9.17, 15) is 13.2 Å². The summed E-state index contributed by atoms with van der Waals surface area (Å²) in [5.74, 6) is 1.40. The molecule has 3 aromatic rings. The Bertz CT molecular complexity index is 1280. The van der Waals surface area contributed by atoms with Crippen molar-refractivity contribution in [2.75, 3.05) is 31.1 Å². The fourth-order valence-electron chi connectivity index (χ4n) is 3.73. The maximum Gasteiger partial charge on any atom is 0.264 e. The lowest BCUT2D eigenvalue weighted by Crippen LogP contribution is -2.42. The summed E-state index contributed by atoms with van der Waals surface area (Å²) in [7, 11) is -2.46. The van der Waals surface area contributed by atoms with Crippen LogP contribution in [0.3, 0.4) is 0 Å². The first-order valence-electron chi connectivity index (χ1n) is 11.3. The van der Waals surface area contributed by atoms with E-state index in [1.54, 1.807) is 48.5 Å². The van der Waals surface area contributed by atoms with Gasteiger partial charge in [0.2, 0.25) is 5.91 Å². The van der Waals surface area contributed by atoms with Crippen LogP contribution < -0.4 is 23.8 Å². The molecule has 1 aliphatic rings. The minimum absolute atomic E-state index is 0.0483. The van der Waals surface area contributed by atoms with E-state index in [1.165, 1.54) is 11.4 Å². The second-order valence-electron chi connectivity index (χ2n) is 8.11. The number of ether oxygens (including phenoxy) is 3. The van der Waals surface area contributed by atoms with Gasteiger partial charge in [0.1, 0.15) is 18.5 Å². The largest absolute Gasteiger partial charge is 0.495 e. The van der Waals surface area contributed by atoms with Crippen LogP contribution in [-0.4, -0.2) is 47.2 Å². The summed E-state index contributed by atoms with van der Waals surface area (Å²) in [6.07, 6.45) is -0.386. The van der Waals surface area contributed by atoms with Crippen molar-refractivity contribution in [2.45, 2.75) is 24.3 Å². The van der Waals surface area contributed by atoms with Crippen LogP contribution >= 0.6 is 0 Å². The number of sulfonamides is 1. The summed E-state index contributed by atoms with van der Waals surface area (Å²) in [5, 5.41) is 2.82. The number of carbonyl (C=O) groups excluding carboxylic acids is 1. The molecule has 1 atom stereocenters. The number of nitrogens with zero attached hydrogens (tertiary/aromatic N) is 1. The molecule has 3 aromatic carbocycles. The highest BCUT2D eigenvalue weighted by atomic mass is 32.2. The molecule has 0 spiro atoms. The third-order valence-corrected chi connectivity index (χ3v) is 7.43. The Morgan fingerprint density at radius 2 is 1.71 bits per heavy atom. The lowest BCUT2D eigenvalue weighted by atomic mass is 10.2. The first-order chi connectivity index (χ1) is 16.9. The molecule has 1 N–H and O–H groups in total. The minimum Gasteiger partial charge on any atom is -0.495 e. The van der Waals surface area contributed by atoms with Gasteiger partial charge in [-0.1, -0.05) is 42.0 Å². The summed E-state index contributed by atoms with van der Waals surface area (Å²) < 4.78 is 45.3. The number of benzene rings is 3. The smallest absolute Gasteiger partial charge is 0.264 e. The van der Waals surface area contributed by atoms with Gasteiger partial charge in [-0.3, -0.25) is 9.10 Å². The maximum atomic E-state index is 13.5. The molecule has 0 fully saturated rings. The zero-order valence-electron chi connectivity index (χ0n) is 19.6. The Morgan fingerprint density at radius 3 is 2.46 bits per heavy atom.